The molecule has 34 heavy (non-hydrogen) atoms. The summed E-state index contributed by atoms with van der Waals surface area (Å²) >= 11 is 0. The van der Waals surface area contributed by atoms with E-state index in [1.54, 1.807) is 6.07 Å². The Morgan fingerprint density at radius 3 is 1.85 bits per heavy atom. The van der Waals surface area contributed by atoms with Gasteiger partial charge in [-0.2, -0.15) is 0 Å². The average Bonchev–Trinajstić information content (AvgIpc) is 2.82. The highest BCUT2D eigenvalue weighted by molar-refractivity contribution is 8.04. The SMILES string of the molecule is O=[N+]([O-])c1ccc(S(=O)(=O)N(C(CF)c2ccccc2)S(=O)(=O)c2ccccc2[N+](=O)[O-])cc1. The third-order valence-electron chi connectivity index (χ3n) is 4.74. The summed E-state index contributed by atoms with van der Waals surface area (Å²) in [6.07, 6.45) is 0. The Hall–Kier alpha value is -3.75. The first-order valence-corrected chi connectivity index (χ1v) is 12.3. The maximum atomic E-state index is 14.3. The molecule has 178 valence electrons. The maximum absolute atomic E-state index is 14.3. The summed E-state index contributed by atoms with van der Waals surface area (Å²) in [5.74, 6) is 0. The highest BCUT2D eigenvalue weighted by Crippen LogP contribution is 2.37. The summed E-state index contributed by atoms with van der Waals surface area (Å²) in [6.45, 7) is -1.49. The predicted molar refractivity (Wildman–Crippen MR) is 118 cm³/mol. The van der Waals surface area contributed by atoms with Gasteiger partial charge in [0.1, 0.15) is 6.67 Å². The quantitative estimate of drug-likeness (QED) is 0.313. The van der Waals surface area contributed by atoms with Crippen LogP contribution in [0.3, 0.4) is 0 Å². The van der Waals surface area contributed by atoms with E-state index >= 15 is 0 Å². The summed E-state index contributed by atoms with van der Waals surface area (Å²) < 4.78 is 68.4. The molecule has 1 atom stereocenters. The summed E-state index contributed by atoms with van der Waals surface area (Å²) in [7, 11) is -10.3. The molecule has 0 bridgehead atoms. The lowest BCUT2D eigenvalue weighted by Gasteiger charge is -2.28. The third kappa shape index (κ3) is 4.64. The Labute approximate surface area is 193 Å². The molecule has 0 saturated carbocycles. The van der Waals surface area contributed by atoms with Crippen LogP contribution < -0.4 is 0 Å². The van der Waals surface area contributed by atoms with Gasteiger partial charge in [-0.3, -0.25) is 20.2 Å². The first kappa shape index (κ1) is 24.9. The van der Waals surface area contributed by atoms with Crippen molar-refractivity contribution in [2.24, 2.45) is 0 Å². The summed E-state index contributed by atoms with van der Waals surface area (Å²) in [5.41, 5.74) is -1.40. The Bertz CT molecular complexity index is 1430. The van der Waals surface area contributed by atoms with E-state index in [1.807, 2.05) is 0 Å². The molecule has 0 saturated heterocycles. The summed E-state index contributed by atoms with van der Waals surface area (Å²) in [6, 6.07) is 12.5. The van der Waals surface area contributed by atoms with Gasteiger partial charge < -0.3 is 0 Å². The van der Waals surface area contributed by atoms with E-state index in [-0.39, 0.29) is 9.27 Å². The summed E-state index contributed by atoms with van der Waals surface area (Å²) in [4.78, 5) is 18.9. The van der Waals surface area contributed by atoms with Crippen LogP contribution in [0.25, 0.3) is 0 Å². The lowest BCUT2D eigenvalue weighted by molar-refractivity contribution is -0.387. The molecule has 14 heteroatoms. The summed E-state index contributed by atoms with van der Waals surface area (Å²) in [5, 5.41) is 22.4. The van der Waals surface area contributed by atoms with Crippen LogP contribution in [0.4, 0.5) is 15.8 Å². The van der Waals surface area contributed by atoms with Crippen LogP contribution in [0, 0.1) is 20.2 Å². The number of halogens is 1. The zero-order chi connectivity index (χ0) is 25.1. The van der Waals surface area contributed by atoms with E-state index in [9.17, 15) is 41.5 Å². The van der Waals surface area contributed by atoms with Crippen molar-refractivity contribution in [3.63, 3.8) is 0 Å². The number of non-ortho nitro benzene ring substituents is 1. The van der Waals surface area contributed by atoms with Crippen LogP contribution in [0.15, 0.2) is 88.7 Å². The molecule has 0 N–H and O–H groups in total. The van der Waals surface area contributed by atoms with E-state index in [1.165, 1.54) is 30.3 Å². The zero-order valence-electron chi connectivity index (χ0n) is 17.1. The van der Waals surface area contributed by atoms with Gasteiger partial charge in [0.2, 0.25) is 0 Å². The number of sulfonamides is 2. The molecule has 0 aliphatic heterocycles. The molecule has 3 rings (SSSR count). The molecule has 11 nitrogen and oxygen atoms in total. The molecule has 0 spiro atoms. The van der Waals surface area contributed by atoms with Crippen molar-refractivity contribution < 1.29 is 31.1 Å². The minimum Gasteiger partial charge on any atom is -0.258 e. The lowest BCUT2D eigenvalue weighted by Crippen LogP contribution is -2.41. The number of hydrogen-bond acceptors (Lipinski definition) is 8. The maximum Gasteiger partial charge on any atom is 0.289 e. The minimum atomic E-state index is -5.24. The number of alkyl halides is 1. The number of para-hydroxylation sites is 1. The van der Waals surface area contributed by atoms with Gasteiger partial charge in [-0.15, -0.1) is 0 Å². The number of nitro groups is 2. The van der Waals surface area contributed by atoms with Crippen molar-refractivity contribution in [1.82, 2.24) is 3.71 Å². The van der Waals surface area contributed by atoms with Crippen molar-refractivity contribution in [2.45, 2.75) is 15.8 Å². The van der Waals surface area contributed by atoms with Crippen molar-refractivity contribution >= 4 is 31.4 Å². The van der Waals surface area contributed by atoms with E-state index in [4.69, 9.17) is 0 Å². The Morgan fingerprint density at radius 1 is 0.765 bits per heavy atom. The second kappa shape index (κ2) is 9.62. The van der Waals surface area contributed by atoms with Gasteiger partial charge in [0, 0.05) is 18.2 Å². The average molecular weight is 509 g/mol. The van der Waals surface area contributed by atoms with Crippen molar-refractivity contribution in [2.75, 3.05) is 6.67 Å². The standard InChI is InChI=1S/C20H16FN3O8S2/c21-14-19(15-6-2-1-3-7-15)24(33(29,30)17-12-10-16(11-13-17)22(25)26)34(31,32)20-9-5-4-8-18(20)23(27)28/h1-13,19H,14H2. The smallest absolute Gasteiger partial charge is 0.258 e. The molecular weight excluding hydrogens is 493 g/mol. The minimum absolute atomic E-state index is 0.0300. The highest BCUT2D eigenvalue weighted by Gasteiger charge is 2.45. The Morgan fingerprint density at radius 2 is 1.32 bits per heavy atom. The molecule has 0 heterocycles. The molecule has 3 aromatic carbocycles. The molecule has 0 aliphatic rings. The van der Waals surface area contributed by atoms with E-state index < -0.39 is 63.8 Å². The normalized spacial score (nSPS) is 12.9. The molecular formula is C20H16FN3O8S2. The number of nitro benzene ring substituents is 2. The lowest BCUT2D eigenvalue weighted by atomic mass is 10.1. The van der Waals surface area contributed by atoms with E-state index in [0.29, 0.717) is 0 Å². The van der Waals surface area contributed by atoms with Gasteiger partial charge in [0.05, 0.1) is 20.8 Å². The second-order valence-corrected chi connectivity index (χ2v) is 10.6. The Balaban J connectivity index is 2.31. The van der Waals surface area contributed by atoms with Crippen LogP contribution in [0.5, 0.6) is 0 Å². The fourth-order valence-electron chi connectivity index (χ4n) is 3.17. The largest absolute Gasteiger partial charge is 0.289 e. The topological polar surface area (TPSA) is 158 Å². The van der Waals surface area contributed by atoms with Gasteiger partial charge in [0.15, 0.2) is 4.90 Å². The van der Waals surface area contributed by atoms with Gasteiger partial charge in [-0.25, -0.2) is 21.2 Å². The zero-order valence-corrected chi connectivity index (χ0v) is 18.7. The molecule has 0 aliphatic carbocycles. The van der Waals surface area contributed by atoms with Crippen molar-refractivity contribution in [1.29, 1.82) is 0 Å². The second-order valence-electron chi connectivity index (χ2n) is 6.79. The van der Waals surface area contributed by atoms with Gasteiger partial charge in [-0.05, 0) is 23.8 Å². The molecule has 0 aromatic heterocycles. The van der Waals surface area contributed by atoms with Crippen LogP contribution >= 0.6 is 0 Å². The fraction of sp³-hybridized carbons (Fsp3) is 0.100. The number of hydrogen-bond donors (Lipinski definition) is 0. The van der Waals surface area contributed by atoms with Crippen LogP contribution in [-0.4, -0.2) is 37.1 Å². The molecule has 0 fully saturated rings. The van der Waals surface area contributed by atoms with Gasteiger partial charge in [0.25, 0.3) is 31.4 Å². The van der Waals surface area contributed by atoms with Crippen LogP contribution in [-0.2, 0) is 20.0 Å². The molecule has 0 amide bonds. The van der Waals surface area contributed by atoms with Gasteiger partial charge in [-0.1, -0.05) is 46.2 Å². The monoisotopic (exact) mass is 509 g/mol. The number of rotatable bonds is 9. The Kier molecular flexibility index (Phi) is 7.04. The third-order valence-corrected chi connectivity index (χ3v) is 9.15. The predicted octanol–water partition coefficient (Wildman–Crippen LogP) is 3.59. The van der Waals surface area contributed by atoms with Crippen molar-refractivity contribution in [3.8, 4) is 0 Å². The van der Waals surface area contributed by atoms with E-state index in [2.05, 4.69) is 0 Å². The van der Waals surface area contributed by atoms with E-state index in [0.717, 1.165) is 42.5 Å². The molecule has 1 unspecified atom stereocenters. The molecule has 0 radical (unpaired) electrons. The first-order valence-electron chi connectivity index (χ1n) is 9.40. The van der Waals surface area contributed by atoms with Crippen LogP contribution in [0.1, 0.15) is 11.6 Å². The fourth-order valence-corrected chi connectivity index (χ4v) is 7.27. The highest BCUT2D eigenvalue weighted by atomic mass is 32.3. The van der Waals surface area contributed by atoms with Gasteiger partial charge >= 0.3 is 0 Å². The molecule has 3 aromatic rings. The number of nitrogens with zero attached hydrogens (tertiary/aromatic N) is 3. The number of benzene rings is 3. The van der Waals surface area contributed by atoms with Crippen LogP contribution in [0.2, 0.25) is 0 Å². The first-order chi connectivity index (χ1) is 16.0. The van der Waals surface area contributed by atoms with Crippen molar-refractivity contribution in [3.05, 3.63) is 105 Å².